The van der Waals surface area contributed by atoms with E-state index in [1.807, 2.05) is 25.1 Å². The average molecular weight is 338 g/mol. The van der Waals surface area contributed by atoms with E-state index in [2.05, 4.69) is 31.2 Å². The number of imidazole rings is 1. The number of nitrogens with one attached hydrogen (secondary N) is 3. The van der Waals surface area contributed by atoms with E-state index < -0.39 is 0 Å². The zero-order valence-corrected chi connectivity index (χ0v) is 12.9. The minimum Gasteiger partial charge on any atom is -0.350 e. The van der Waals surface area contributed by atoms with Gasteiger partial charge in [0.1, 0.15) is 5.69 Å². The highest BCUT2D eigenvalue weighted by Crippen LogP contribution is 2.19. The second kappa shape index (κ2) is 6.09. The Morgan fingerprint density at radius 3 is 2.70 bits per heavy atom. The summed E-state index contributed by atoms with van der Waals surface area (Å²) < 4.78 is 1.06. The van der Waals surface area contributed by atoms with E-state index in [9.17, 15) is 9.59 Å². The second-order valence-corrected chi connectivity index (χ2v) is 5.46. The fourth-order valence-corrected chi connectivity index (χ4v) is 2.43. The fourth-order valence-electron chi connectivity index (χ4n) is 2.02. The van der Waals surface area contributed by atoms with Gasteiger partial charge in [0.25, 0.3) is 5.91 Å². The number of rotatable bonds is 4. The van der Waals surface area contributed by atoms with Crippen molar-refractivity contribution < 1.29 is 4.79 Å². The lowest BCUT2D eigenvalue weighted by atomic mass is 10.1. The van der Waals surface area contributed by atoms with Crippen LogP contribution in [0.1, 0.15) is 27.3 Å². The Balaban J connectivity index is 1.96. The molecule has 0 aliphatic rings. The molecule has 0 spiro atoms. The summed E-state index contributed by atoms with van der Waals surface area (Å²) in [6.07, 6.45) is 0.741. The first kappa shape index (κ1) is 14.6. The van der Waals surface area contributed by atoms with Crippen molar-refractivity contribution in [3.05, 3.63) is 55.7 Å². The lowest BCUT2D eigenvalue weighted by Gasteiger charge is -2.08. The Bertz CT molecular complexity index is 688. The van der Waals surface area contributed by atoms with E-state index in [1.54, 1.807) is 6.92 Å². The summed E-state index contributed by atoms with van der Waals surface area (Å²) in [6, 6.07) is 6.00. The molecule has 1 heterocycles. The van der Waals surface area contributed by atoms with Crippen LogP contribution in [-0.2, 0) is 6.42 Å². The van der Waals surface area contributed by atoms with Crippen molar-refractivity contribution in [3.63, 3.8) is 0 Å². The number of amides is 1. The first-order valence-corrected chi connectivity index (χ1v) is 7.09. The highest BCUT2D eigenvalue weighted by molar-refractivity contribution is 9.10. The van der Waals surface area contributed by atoms with Crippen LogP contribution in [0.2, 0.25) is 0 Å². The van der Waals surface area contributed by atoms with Crippen LogP contribution in [-0.4, -0.2) is 22.4 Å². The Hall–Kier alpha value is -1.82. The van der Waals surface area contributed by atoms with Crippen LogP contribution in [0.25, 0.3) is 0 Å². The number of carbonyl (C=O) groups excluding carboxylic acids is 1. The van der Waals surface area contributed by atoms with Crippen molar-refractivity contribution in [1.82, 2.24) is 15.3 Å². The van der Waals surface area contributed by atoms with Gasteiger partial charge in [-0.2, -0.15) is 0 Å². The largest absolute Gasteiger partial charge is 0.350 e. The molecule has 0 saturated heterocycles. The third-order valence-corrected chi connectivity index (χ3v) is 4.06. The van der Waals surface area contributed by atoms with Gasteiger partial charge in [-0.05, 0) is 37.5 Å². The summed E-state index contributed by atoms with van der Waals surface area (Å²) in [7, 11) is 0. The molecule has 0 bridgehead atoms. The van der Waals surface area contributed by atoms with Gasteiger partial charge in [-0.15, -0.1) is 0 Å². The first-order chi connectivity index (χ1) is 9.49. The summed E-state index contributed by atoms with van der Waals surface area (Å²) in [6.45, 7) is 4.24. The molecule has 0 aliphatic carbocycles. The van der Waals surface area contributed by atoms with Crippen LogP contribution in [0.3, 0.4) is 0 Å². The Morgan fingerprint density at radius 1 is 1.30 bits per heavy atom. The third-order valence-electron chi connectivity index (χ3n) is 3.20. The maximum Gasteiger partial charge on any atom is 0.323 e. The highest BCUT2D eigenvalue weighted by atomic mass is 79.9. The standard InChI is InChI=1S/C14H16BrN3O2/c1-8-10(4-3-5-11(8)15)6-7-16-13(19)12-9(2)17-14(20)18-12/h3-5H,6-7H2,1-2H3,(H,16,19)(H2,17,18,20). The predicted molar refractivity (Wildman–Crippen MR) is 81.1 cm³/mol. The van der Waals surface area contributed by atoms with Gasteiger partial charge in [-0.3, -0.25) is 4.79 Å². The number of hydrogen-bond acceptors (Lipinski definition) is 2. The van der Waals surface area contributed by atoms with E-state index >= 15 is 0 Å². The maximum atomic E-state index is 11.9. The van der Waals surface area contributed by atoms with Crippen LogP contribution in [0.5, 0.6) is 0 Å². The summed E-state index contributed by atoms with van der Waals surface area (Å²) in [5.41, 5.74) is 2.83. The molecule has 1 aromatic carbocycles. The van der Waals surface area contributed by atoms with Crippen LogP contribution < -0.4 is 11.0 Å². The van der Waals surface area contributed by atoms with E-state index in [0.717, 1.165) is 10.9 Å². The molecule has 0 radical (unpaired) electrons. The van der Waals surface area contributed by atoms with Crippen LogP contribution in [0.15, 0.2) is 27.5 Å². The lowest BCUT2D eigenvalue weighted by molar-refractivity contribution is 0.0949. The molecule has 106 valence electrons. The van der Waals surface area contributed by atoms with Crippen molar-refractivity contribution in [2.45, 2.75) is 20.3 Å². The van der Waals surface area contributed by atoms with E-state index in [0.29, 0.717) is 17.9 Å². The Kier molecular flexibility index (Phi) is 4.44. The van der Waals surface area contributed by atoms with Gasteiger partial charge in [-0.25, -0.2) is 4.79 Å². The molecule has 2 rings (SSSR count). The van der Waals surface area contributed by atoms with Gasteiger partial charge in [0.2, 0.25) is 0 Å². The predicted octanol–water partition coefficient (Wildman–Crippen LogP) is 2.05. The summed E-state index contributed by atoms with van der Waals surface area (Å²) in [4.78, 5) is 28.0. The minimum atomic E-state index is -0.365. The third kappa shape index (κ3) is 3.19. The summed E-state index contributed by atoms with van der Waals surface area (Å²) in [5, 5.41) is 2.80. The van der Waals surface area contributed by atoms with E-state index in [-0.39, 0.29) is 11.6 Å². The number of H-pyrrole nitrogens is 2. The molecular weight excluding hydrogens is 322 g/mol. The normalized spacial score (nSPS) is 10.6. The van der Waals surface area contributed by atoms with Crippen LogP contribution in [0.4, 0.5) is 0 Å². The van der Waals surface area contributed by atoms with Crippen molar-refractivity contribution >= 4 is 21.8 Å². The van der Waals surface area contributed by atoms with Gasteiger partial charge in [0.15, 0.2) is 0 Å². The van der Waals surface area contributed by atoms with Gasteiger partial charge < -0.3 is 15.3 Å². The molecule has 0 fully saturated rings. The molecule has 0 unspecified atom stereocenters. The number of benzene rings is 1. The number of halogens is 1. The molecule has 1 amide bonds. The average Bonchev–Trinajstić information content (AvgIpc) is 2.73. The molecule has 0 atom stereocenters. The highest BCUT2D eigenvalue weighted by Gasteiger charge is 2.11. The van der Waals surface area contributed by atoms with Crippen molar-refractivity contribution in [2.75, 3.05) is 6.54 Å². The monoisotopic (exact) mass is 337 g/mol. The van der Waals surface area contributed by atoms with E-state index in [4.69, 9.17) is 0 Å². The first-order valence-electron chi connectivity index (χ1n) is 6.30. The van der Waals surface area contributed by atoms with Gasteiger partial charge >= 0.3 is 5.69 Å². The van der Waals surface area contributed by atoms with Crippen molar-refractivity contribution in [2.24, 2.45) is 0 Å². The zero-order valence-electron chi connectivity index (χ0n) is 11.3. The molecule has 1 aromatic heterocycles. The molecular formula is C14H16BrN3O2. The zero-order chi connectivity index (χ0) is 14.7. The molecule has 20 heavy (non-hydrogen) atoms. The topological polar surface area (TPSA) is 77.8 Å². The number of hydrogen-bond donors (Lipinski definition) is 3. The summed E-state index contributed by atoms with van der Waals surface area (Å²) in [5.74, 6) is -0.270. The SMILES string of the molecule is Cc1[nH]c(=O)[nH]c1C(=O)NCCc1cccc(Br)c1C. The quantitative estimate of drug-likeness (QED) is 0.798. The molecule has 2 aromatic rings. The number of aryl methyl sites for hydroxylation is 1. The molecule has 3 N–H and O–H groups in total. The van der Waals surface area contributed by atoms with Crippen LogP contribution in [0, 0.1) is 13.8 Å². The number of aromatic nitrogens is 2. The van der Waals surface area contributed by atoms with Crippen LogP contribution >= 0.6 is 15.9 Å². The molecule has 0 saturated carbocycles. The maximum absolute atomic E-state index is 11.9. The fraction of sp³-hybridized carbons (Fsp3) is 0.286. The van der Waals surface area contributed by atoms with Gasteiger partial charge in [0.05, 0.1) is 0 Å². The second-order valence-electron chi connectivity index (χ2n) is 4.61. The van der Waals surface area contributed by atoms with Crippen molar-refractivity contribution in [3.8, 4) is 0 Å². The Labute approximate surface area is 124 Å². The smallest absolute Gasteiger partial charge is 0.323 e. The molecule has 5 nitrogen and oxygen atoms in total. The minimum absolute atomic E-state index is 0.270. The van der Waals surface area contributed by atoms with Gasteiger partial charge in [-0.1, -0.05) is 28.1 Å². The van der Waals surface area contributed by atoms with Crippen molar-refractivity contribution in [1.29, 1.82) is 0 Å². The lowest BCUT2D eigenvalue weighted by Crippen LogP contribution is -2.27. The van der Waals surface area contributed by atoms with E-state index in [1.165, 1.54) is 11.1 Å². The van der Waals surface area contributed by atoms with Gasteiger partial charge in [0, 0.05) is 16.7 Å². The molecule has 0 aliphatic heterocycles. The number of aromatic amines is 2. The Morgan fingerprint density at radius 2 is 2.05 bits per heavy atom. The summed E-state index contributed by atoms with van der Waals surface area (Å²) >= 11 is 3.48. The number of carbonyl (C=O) groups is 1. The molecule has 6 heteroatoms.